The molecule has 0 aliphatic carbocycles. The van der Waals surface area contributed by atoms with Crippen molar-refractivity contribution in [2.24, 2.45) is 0 Å². The van der Waals surface area contributed by atoms with Crippen molar-refractivity contribution in [1.29, 1.82) is 0 Å². The van der Waals surface area contributed by atoms with Crippen molar-refractivity contribution in [2.45, 2.75) is 12.6 Å². The van der Waals surface area contributed by atoms with Gasteiger partial charge in [-0.2, -0.15) is 5.10 Å². The van der Waals surface area contributed by atoms with Crippen molar-refractivity contribution in [3.63, 3.8) is 0 Å². The molecule has 0 spiro atoms. The largest absolute Gasteiger partial charge is 0.366 e. The number of para-hydroxylation sites is 1. The Morgan fingerprint density at radius 3 is 3.12 bits per heavy atom. The number of morpholine rings is 1. The Morgan fingerprint density at radius 1 is 1.38 bits per heavy atom. The second kappa shape index (κ2) is 7.06. The van der Waals surface area contributed by atoms with Gasteiger partial charge in [0.25, 0.3) is 11.5 Å². The van der Waals surface area contributed by atoms with Crippen molar-refractivity contribution >= 4 is 22.5 Å². The Bertz CT molecular complexity index is 968. The maximum absolute atomic E-state index is 12.3. The number of rotatable bonds is 4. The fourth-order valence-corrected chi connectivity index (χ4v) is 2.97. The molecule has 2 aromatic heterocycles. The highest BCUT2D eigenvalue weighted by Crippen LogP contribution is 2.12. The van der Waals surface area contributed by atoms with Gasteiger partial charge in [-0.15, -0.1) is 0 Å². The Labute approximate surface area is 148 Å². The third-order valence-electron chi connectivity index (χ3n) is 4.24. The summed E-state index contributed by atoms with van der Waals surface area (Å²) >= 11 is 0. The molecule has 1 saturated heterocycles. The lowest BCUT2D eigenvalue weighted by atomic mass is 10.2. The lowest BCUT2D eigenvalue weighted by Crippen LogP contribution is -2.47. The standard InChI is InChI=1S/C17H18N6O3/c24-16-12-3-1-2-4-13(12)21-15(22-16)10-23-5-6-26-14(9-23)17(25)20-11-7-18-19-8-11/h1-4,7-8,14H,5-6,9-10H2,(H,18,19)(H,20,25)(H,21,22,24)/t14-/m0/s1. The molecule has 9 heteroatoms. The molecule has 1 amide bonds. The van der Waals surface area contributed by atoms with Crippen molar-refractivity contribution < 1.29 is 9.53 Å². The van der Waals surface area contributed by atoms with Crippen LogP contribution in [0.25, 0.3) is 10.9 Å². The SMILES string of the molecule is O=C(Nc1cn[nH]c1)[C@@H]1CN(Cc2nc3ccccc3c(=O)[nH]2)CCO1. The summed E-state index contributed by atoms with van der Waals surface area (Å²) in [5.74, 6) is 0.348. The van der Waals surface area contributed by atoms with Crippen LogP contribution in [0, 0.1) is 0 Å². The summed E-state index contributed by atoms with van der Waals surface area (Å²) in [5, 5.41) is 9.75. The highest BCUT2D eigenvalue weighted by Gasteiger charge is 2.27. The van der Waals surface area contributed by atoms with E-state index in [2.05, 4.69) is 25.5 Å². The number of hydrogen-bond donors (Lipinski definition) is 3. The minimum Gasteiger partial charge on any atom is -0.366 e. The van der Waals surface area contributed by atoms with Crippen molar-refractivity contribution in [3.05, 3.63) is 52.8 Å². The lowest BCUT2D eigenvalue weighted by Gasteiger charge is -2.31. The summed E-state index contributed by atoms with van der Waals surface area (Å²) in [6, 6.07) is 7.22. The Kier molecular flexibility index (Phi) is 4.46. The molecule has 134 valence electrons. The molecule has 1 fully saturated rings. The number of benzene rings is 1. The fraction of sp³-hybridized carbons (Fsp3) is 0.294. The van der Waals surface area contributed by atoms with Gasteiger partial charge >= 0.3 is 0 Å². The molecular weight excluding hydrogens is 336 g/mol. The fourth-order valence-electron chi connectivity index (χ4n) is 2.97. The van der Waals surface area contributed by atoms with E-state index in [1.807, 2.05) is 23.1 Å². The molecule has 0 radical (unpaired) electrons. The molecule has 0 saturated carbocycles. The number of anilines is 1. The van der Waals surface area contributed by atoms with Crippen molar-refractivity contribution in [2.75, 3.05) is 25.0 Å². The molecule has 3 heterocycles. The number of aromatic amines is 2. The predicted octanol–water partition coefficient (Wildman–Crippen LogP) is 0.486. The van der Waals surface area contributed by atoms with Crippen LogP contribution in [0.15, 0.2) is 41.5 Å². The molecular formula is C17H18N6O3. The summed E-state index contributed by atoms with van der Waals surface area (Å²) in [5.41, 5.74) is 1.10. The smallest absolute Gasteiger partial charge is 0.258 e. The minimum absolute atomic E-state index is 0.159. The summed E-state index contributed by atoms with van der Waals surface area (Å²) in [6.07, 6.45) is 2.54. The molecule has 3 N–H and O–H groups in total. The first-order valence-corrected chi connectivity index (χ1v) is 8.30. The topological polar surface area (TPSA) is 116 Å². The van der Waals surface area contributed by atoms with E-state index in [4.69, 9.17) is 4.74 Å². The Balaban J connectivity index is 1.45. The number of amides is 1. The first-order chi connectivity index (χ1) is 12.7. The molecule has 4 rings (SSSR count). The van der Waals surface area contributed by atoms with E-state index in [-0.39, 0.29) is 11.5 Å². The van der Waals surface area contributed by atoms with Gasteiger partial charge in [0, 0.05) is 19.3 Å². The Hall–Kier alpha value is -3.04. The summed E-state index contributed by atoms with van der Waals surface area (Å²) in [7, 11) is 0. The monoisotopic (exact) mass is 354 g/mol. The van der Waals surface area contributed by atoms with Gasteiger partial charge in [0.2, 0.25) is 0 Å². The van der Waals surface area contributed by atoms with Crippen molar-refractivity contribution in [1.82, 2.24) is 25.1 Å². The molecule has 1 aliphatic rings. The van der Waals surface area contributed by atoms with Crippen molar-refractivity contribution in [3.8, 4) is 0 Å². The van der Waals surface area contributed by atoms with Gasteiger partial charge in [0.1, 0.15) is 11.9 Å². The predicted molar refractivity (Wildman–Crippen MR) is 94.6 cm³/mol. The van der Waals surface area contributed by atoms with E-state index in [1.165, 1.54) is 6.20 Å². The van der Waals surface area contributed by atoms with E-state index in [0.717, 1.165) is 0 Å². The van der Waals surface area contributed by atoms with Crippen LogP contribution in [-0.2, 0) is 16.1 Å². The van der Waals surface area contributed by atoms with Gasteiger partial charge in [-0.25, -0.2) is 4.98 Å². The van der Waals surface area contributed by atoms with Gasteiger partial charge in [-0.1, -0.05) is 12.1 Å². The number of H-pyrrole nitrogens is 2. The zero-order chi connectivity index (χ0) is 17.9. The number of nitrogens with one attached hydrogen (secondary N) is 3. The Morgan fingerprint density at radius 2 is 2.27 bits per heavy atom. The summed E-state index contributed by atoms with van der Waals surface area (Å²) < 4.78 is 5.57. The minimum atomic E-state index is -0.592. The molecule has 1 aromatic carbocycles. The molecule has 1 atom stereocenters. The zero-order valence-corrected chi connectivity index (χ0v) is 13.9. The van der Waals surface area contributed by atoms with E-state index in [9.17, 15) is 9.59 Å². The molecule has 0 bridgehead atoms. The van der Waals surface area contributed by atoms with E-state index < -0.39 is 6.10 Å². The van der Waals surface area contributed by atoms with Gasteiger partial charge in [0.05, 0.1) is 35.9 Å². The highest BCUT2D eigenvalue weighted by molar-refractivity contribution is 5.94. The van der Waals surface area contributed by atoms with Crippen LogP contribution in [-0.4, -0.2) is 56.8 Å². The van der Waals surface area contributed by atoms with Crippen LogP contribution < -0.4 is 10.9 Å². The summed E-state index contributed by atoms with van der Waals surface area (Å²) in [6.45, 7) is 1.95. The summed E-state index contributed by atoms with van der Waals surface area (Å²) in [4.78, 5) is 33.9. The van der Waals surface area contributed by atoms with Crippen LogP contribution >= 0.6 is 0 Å². The molecule has 3 aromatic rings. The van der Waals surface area contributed by atoms with Crippen LogP contribution in [0.3, 0.4) is 0 Å². The second-order valence-corrected chi connectivity index (χ2v) is 6.10. The van der Waals surface area contributed by atoms with E-state index in [1.54, 1.807) is 12.3 Å². The quantitative estimate of drug-likeness (QED) is 0.628. The third kappa shape index (κ3) is 3.48. The lowest BCUT2D eigenvalue weighted by molar-refractivity contribution is -0.133. The number of ether oxygens (including phenoxy) is 1. The van der Waals surface area contributed by atoms with Gasteiger partial charge in [-0.05, 0) is 12.1 Å². The number of carbonyl (C=O) groups is 1. The maximum Gasteiger partial charge on any atom is 0.258 e. The van der Waals surface area contributed by atoms with Gasteiger partial charge in [0.15, 0.2) is 0 Å². The zero-order valence-electron chi connectivity index (χ0n) is 13.9. The average Bonchev–Trinajstić information content (AvgIpc) is 3.15. The molecule has 0 unspecified atom stereocenters. The normalized spacial score (nSPS) is 18.1. The average molecular weight is 354 g/mol. The number of nitrogens with zero attached hydrogens (tertiary/aromatic N) is 3. The van der Waals surface area contributed by atoms with Gasteiger partial charge in [-0.3, -0.25) is 19.6 Å². The van der Waals surface area contributed by atoms with Crippen LogP contribution in [0.4, 0.5) is 5.69 Å². The van der Waals surface area contributed by atoms with Crippen LogP contribution in [0.2, 0.25) is 0 Å². The maximum atomic E-state index is 12.3. The third-order valence-corrected chi connectivity index (χ3v) is 4.24. The molecule has 9 nitrogen and oxygen atoms in total. The van der Waals surface area contributed by atoms with E-state index in [0.29, 0.717) is 48.7 Å². The number of carbonyl (C=O) groups excluding carboxylic acids is 1. The highest BCUT2D eigenvalue weighted by atomic mass is 16.5. The number of hydrogen-bond acceptors (Lipinski definition) is 6. The first kappa shape index (κ1) is 16.4. The van der Waals surface area contributed by atoms with Crippen LogP contribution in [0.1, 0.15) is 5.82 Å². The number of fused-ring (bicyclic) bond motifs is 1. The van der Waals surface area contributed by atoms with Crippen LogP contribution in [0.5, 0.6) is 0 Å². The van der Waals surface area contributed by atoms with E-state index >= 15 is 0 Å². The van der Waals surface area contributed by atoms with Gasteiger partial charge < -0.3 is 15.0 Å². The molecule has 26 heavy (non-hydrogen) atoms. The number of aromatic nitrogens is 4. The first-order valence-electron chi connectivity index (χ1n) is 8.30. The molecule has 1 aliphatic heterocycles. The second-order valence-electron chi connectivity index (χ2n) is 6.10.